The molecule has 0 amide bonds. The topological polar surface area (TPSA) is 35.5 Å². The van der Waals surface area contributed by atoms with E-state index < -0.39 is 8.25 Å². The predicted octanol–water partition coefficient (Wildman–Crippen LogP) is 3.10. The van der Waals surface area contributed by atoms with Gasteiger partial charge >= 0.3 is 8.25 Å². The number of thiol groups is 2. The lowest BCUT2D eigenvalue weighted by Crippen LogP contribution is -1.92. The third-order valence-electron chi connectivity index (χ3n) is 1.50. The van der Waals surface area contributed by atoms with Crippen LogP contribution in [0.3, 0.4) is 0 Å². The van der Waals surface area contributed by atoms with E-state index in [1.165, 1.54) is 0 Å². The van der Waals surface area contributed by atoms with Gasteiger partial charge in [-0.25, -0.2) is 0 Å². The molecule has 84 valence electrons. The second kappa shape index (κ2) is 11.8. The average Bonchev–Trinajstić information content (AvgIpc) is 2.19. The van der Waals surface area contributed by atoms with Crippen LogP contribution in [0.4, 0.5) is 0 Å². The number of hydrogen-bond donors (Lipinski definition) is 2. The zero-order valence-corrected chi connectivity index (χ0v) is 10.9. The van der Waals surface area contributed by atoms with Gasteiger partial charge in [-0.2, -0.15) is 25.3 Å². The van der Waals surface area contributed by atoms with Crippen LogP contribution >= 0.6 is 33.5 Å². The summed E-state index contributed by atoms with van der Waals surface area (Å²) in [5.41, 5.74) is 0. The first kappa shape index (κ1) is 14.7. The fraction of sp³-hybridized carbons (Fsp3) is 1.00. The summed E-state index contributed by atoms with van der Waals surface area (Å²) in [6.45, 7) is 0.977. The third kappa shape index (κ3) is 10.8. The molecule has 14 heavy (non-hydrogen) atoms. The largest absolute Gasteiger partial charge is 0.697 e. The summed E-state index contributed by atoms with van der Waals surface area (Å²) in [5, 5.41) is 0. The second-order valence-electron chi connectivity index (χ2n) is 2.75. The van der Waals surface area contributed by atoms with E-state index in [9.17, 15) is 4.57 Å². The zero-order valence-electron chi connectivity index (χ0n) is 8.22. The first-order chi connectivity index (χ1) is 6.81. The number of rotatable bonds is 10. The van der Waals surface area contributed by atoms with Gasteiger partial charge in [-0.05, 0) is 37.2 Å². The molecule has 0 unspecified atom stereocenters. The van der Waals surface area contributed by atoms with Gasteiger partial charge in [-0.15, -0.1) is 9.05 Å². The van der Waals surface area contributed by atoms with Crippen molar-refractivity contribution in [1.82, 2.24) is 0 Å². The van der Waals surface area contributed by atoms with Crippen molar-refractivity contribution in [2.75, 3.05) is 24.7 Å². The molecular weight excluding hydrogens is 239 g/mol. The van der Waals surface area contributed by atoms with Crippen molar-refractivity contribution in [3.05, 3.63) is 0 Å². The first-order valence-electron chi connectivity index (χ1n) is 4.76. The maximum atomic E-state index is 11.0. The molecule has 0 radical (unpaired) electrons. The maximum absolute atomic E-state index is 11.0. The van der Waals surface area contributed by atoms with E-state index in [1.54, 1.807) is 0 Å². The molecule has 0 fully saturated rings. The molecule has 0 aliphatic carbocycles. The standard InChI is InChI=1S/C8H17O3PS2/c9-12(10-5-1-3-7-13)11-6-2-4-8-14/h1-8H2,(H-,13,14)/p+1. The summed E-state index contributed by atoms with van der Waals surface area (Å²) < 4.78 is 21.0. The predicted molar refractivity (Wildman–Crippen MR) is 65.7 cm³/mol. The van der Waals surface area contributed by atoms with E-state index in [-0.39, 0.29) is 0 Å². The molecular formula is C8H18O3PS2+. The van der Waals surface area contributed by atoms with Gasteiger partial charge in [0.25, 0.3) is 0 Å². The van der Waals surface area contributed by atoms with Crippen LogP contribution in [-0.4, -0.2) is 24.7 Å². The van der Waals surface area contributed by atoms with Crippen molar-refractivity contribution in [1.29, 1.82) is 0 Å². The molecule has 0 rings (SSSR count). The van der Waals surface area contributed by atoms with Gasteiger partial charge < -0.3 is 0 Å². The molecule has 0 bridgehead atoms. The highest BCUT2D eigenvalue weighted by atomic mass is 32.1. The lowest BCUT2D eigenvalue weighted by molar-refractivity contribution is 0.221. The molecule has 0 atom stereocenters. The van der Waals surface area contributed by atoms with Crippen molar-refractivity contribution in [2.45, 2.75) is 25.7 Å². The Balaban J connectivity index is 3.11. The highest BCUT2D eigenvalue weighted by Gasteiger charge is 2.18. The fourth-order valence-electron chi connectivity index (χ4n) is 0.743. The van der Waals surface area contributed by atoms with Gasteiger partial charge in [0.1, 0.15) is 13.2 Å². The van der Waals surface area contributed by atoms with Crippen LogP contribution < -0.4 is 0 Å². The van der Waals surface area contributed by atoms with E-state index in [1.807, 2.05) is 0 Å². The Morgan fingerprint density at radius 2 is 1.29 bits per heavy atom. The lowest BCUT2D eigenvalue weighted by Gasteiger charge is -1.92. The van der Waals surface area contributed by atoms with Crippen LogP contribution in [0.1, 0.15) is 25.7 Å². The Morgan fingerprint density at radius 3 is 1.64 bits per heavy atom. The fourth-order valence-corrected chi connectivity index (χ4v) is 1.82. The van der Waals surface area contributed by atoms with Crippen LogP contribution in [0.25, 0.3) is 0 Å². The molecule has 0 saturated heterocycles. The minimum atomic E-state index is -1.91. The summed E-state index contributed by atoms with van der Waals surface area (Å²) in [4.78, 5) is 0. The molecule has 6 heteroatoms. The smallest absolute Gasteiger partial charge is 0.179 e. The zero-order chi connectivity index (χ0) is 10.6. The van der Waals surface area contributed by atoms with E-state index in [0.29, 0.717) is 13.2 Å². The molecule has 0 aromatic carbocycles. The maximum Gasteiger partial charge on any atom is 0.697 e. The van der Waals surface area contributed by atoms with E-state index in [2.05, 4.69) is 25.3 Å². The third-order valence-corrected chi connectivity index (χ3v) is 2.92. The Hall–Kier alpha value is 0.720. The minimum absolute atomic E-state index is 0.488. The number of hydrogen-bond acceptors (Lipinski definition) is 5. The quantitative estimate of drug-likeness (QED) is 0.358. The van der Waals surface area contributed by atoms with Crippen LogP contribution in [0.5, 0.6) is 0 Å². The molecule has 0 aliphatic heterocycles. The Labute approximate surface area is 97.7 Å². The van der Waals surface area contributed by atoms with Gasteiger partial charge in [-0.3, -0.25) is 0 Å². The minimum Gasteiger partial charge on any atom is -0.179 e. The SMILES string of the molecule is O=[P+](OCCCCS)OCCCCS. The Bertz CT molecular complexity index is 133. The summed E-state index contributed by atoms with van der Waals surface area (Å²) >= 11 is 8.12. The molecule has 0 aliphatic rings. The van der Waals surface area contributed by atoms with E-state index in [0.717, 1.165) is 37.2 Å². The van der Waals surface area contributed by atoms with Crippen molar-refractivity contribution < 1.29 is 13.6 Å². The Morgan fingerprint density at radius 1 is 0.857 bits per heavy atom. The molecule has 0 aromatic rings. The summed E-state index contributed by atoms with van der Waals surface area (Å²) in [6, 6.07) is 0. The molecule has 3 nitrogen and oxygen atoms in total. The lowest BCUT2D eigenvalue weighted by atomic mass is 10.4. The van der Waals surface area contributed by atoms with E-state index in [4.69, 9.17) is 9.05 Å². The van der Waals surface area contributed by atoms with Crippen LogP contribution in [0, 0.1) is 0 Å². The van der Waals surface area contributed by atoms with Crippen molar-refractivity contribution in [3.8, 4) is 0 Å². The highest BCUT2D eigenvalue weighted by Crippen LogP contribution is 2.24. The summed E-state index contributed by atoms with van der Waals surface area (Å²) in [5.74, 6) is 1.67. The van der Waals surface area contributed by atoms with Gasteiger partial charge in [0.15, 0.2) is 0 Å². The average molecular weight is 257 g/mol. The molecule has 0 heterocycles. The number of unbranched alkanes of at least 4 members (excludes halogenated alkanes) is 2. The summed E-state index contributed by atoms with van der Waals surface area (Å²) in [6.07, 6.45) is 3.72. The normalized spacial score (nSPS) is 10.4. The van der Waals surface area contributed by atoms with Gasteiger partial charge in [0.05, 0.1) is 0 Å². The highest BCUT2D eigenvalue weighted by molar-refractivity contribution is 7.80. The molecule has 0 spiro atoms. The van der Waals surface area contributed by atoms with Gasteiger partial charge in [0.2, 0.25) is 0 Å². The molecule has 0 saturated carbocycles. The van der Waals surface area contributed by atoms with Crippen molar-refractivity contribution in [2.24, 2.45) is 0 Å². The van der Waals surface area contributed by atoms with Crippen molar-refractivity contribution in [3.63, 3.8) is 0 Å². The van der Waals surface area contributed by atoms with Crippen LogP contribution in [0.15, 0.2) is 0 Å². The van der Waals surface area contributed by atoms with E-state index >= 15 is 0 Å². The second-order valence-corrected chi connectivity index (χ2v) is 4.61. The molecule has 0 aromatic heterocycles. The monoisotopic (exact) mass is 257 g/mol. The first-order valence-corrected chi connectivity index (χ1v) is 7.12. The van der Waals surface area contributed by atoms with Crippen molar-refractivity contribution >= 4 is 33.5 Å². The summed E-state index contributed by atoms with van der Waals surface area (Å²) in [7, 11) is -1.91. The van der Waals surface area contributed by atoms with Crippen LogP contribution in [-0.2, 0) is 13.6 Å². The van der Waals surface area contributed by atoms with Gasteiger partial charge in [0, 0.05) is 4.57 Å². The van der Waals surface area contributed by atoms with Crippen LogP contribution in [0.2, 0.25) is 0 Å². The van der Waals surface area contributed by atoms with Gasteiger partial charge in [-0.1, -0.05) is 0 Å². The Kier molecular flexibility index (Phi) is 12.4. The molecule has 0 N–H and O–H groups in total.